The van der Waals surface area contributed by atoms with Crippen LogP contribution >= 0.6 is 0 Å². The summed E-state index contributed by atoms with van der Waals surface area (Å²) in [5.41, 5.74) is -0.488. The van der Waals surface area contributed by atoms with Crippen LogP contribution < -0.4 is 5.32 Å². The highest BCUT2D eigenvalue weighted by Gasteiger charge is 2.26. The van der Waals surface area contributed by atoms with Gasteiger partial charge in [0.25, 0.3) is 0 Å². The van der Waals surface area contributed by atoms with Crippen LogP contribution in [0.3, 0.4) is 0 Å². The molecule has 1 heterocycles. The van der Waals surface area contributed by atoms with Crippen molar-refractivity contribution in [3.05, 3.63) is 0 Å². The molecule has 0 saturated carbocycles. The van der Waals surface area contributed by atoms with Gasteiger partial charge in [0.15, 0.2) is 0 Å². The maximum absolute atomic E-state index is 11.9. The summed E-state index contributed by atoms with van der Waals surface area (Å²) in [6.07, 6.45) is -0.304. The van der Waals surface area contributed by atoms with E-state index in [1.165, 1.54) is 0 Å². The van der Waals surface area contributed by atoms with Gasteiger partial charge < -0.3 is 20.1 Å². The van der Waals surface area contributed by atoms with Gasteiger partial charge in [-0.25, -0.2) is 4.79 Å². The second-order valence-electron chi connectivity index (χ2n) is 5.82. The number of piperazine rings is 1. The third-order valence-electron chi connectivity index (χ3n) is 2.83. The molecule has 0 aliphatic carbocycles. The number of aliphatic hydroxyl groups is 1. The average molecular weight is 287 g/mol. The van der Waals surface area contributed by atoms with E-state index in [1.807, 2.05) is 25.7 Å². The van der Waals surface area contributed by atoms with Crippen molar-refractivity contribution in [3.8, 4) is 0 Å². The molecule has 0 unspecified atom stereocenters. The Morgan fingerprint density at radius 3 is 2.30 bits per heavy atom. The molecule has 1 saturated heterocycles. The summed E-state index contributed by atoms with van der Waals surface area (Å²) in [5.74, 6) is -0.107. The number of rotatable bonds is 4. The van der Waals surface area contributed by atoms with E-state index in [4.69, 9.17) is 9.84 Å². The highest BCUT2D eigenvalue weighted by molar-refractivity contribution is 5.78. The standard InChI is InChI=1S/C13H25N3O4/c1-13(2,3)20-12(19)16-7-5-15(6-8-16)10-11(18)14-4-9-17/h17H,4-10H2,1-3H3,(H,14,18). The fraction of sp³-hybridized carbons (Fsp3) is 0.846. The Kier molecular flexibility index (Phi) is 6.22. The number of hydrogen-bond donors (Lipinski definition) is 2. The van der Waals surface area contributed by atoms with Crippen LogP contribution in [-0.4, -0.2) is 78.4 Å². The number of nitrogens with zero attached hydrogens (tertiary/aromatic N) is 2. The molecule has 1 rings (SSSR count). The monoisotopic (exact) mass is 287 g/mol. The third-order valence-corrected chi connectivity index (χ3v) is 2.83. The van der Waals surface area contributed by atoms with Gasteiger partial charge >= 0.3 is 6.09 Å². The number of aliphatic hydroxyl groups excluding tert-OH is 1. The lowest BCUT2D eigenvalue weighted by molar-refractivity contribution is -0.122. The molecule has 0 aromatic rings. The first-order valence-electron chi connectivity index (χ1n) is 6.89. The lowest BCUT2D eigenvalue weighted by atomic mass is 10.2. The number of amides is 2. The molecule has 0 aromatic carbocycles. The van der Waals surface area contributed by atoms with Crippen LogP contribution in [0.5, 0.6) is 0 Å². The van der Waals surface area contributed by atoms with Crippen molar-refractivity contribution in [2.24, 2.45) is 0 Å². The number of carbonyl (C=O) groups is 2. The Morgan fingerprint density at radius 2 is 1.80 bits per heavy atom. The minimum Gasteiger partial charge on any atom is -0.444 e. The van der Waals surface area contributed by atoms with E-state index < -0.39 is 5.60 Å². The molecule has 2 N–H and O–H groups in total. The molecule has 0 aromatic heterocycles. The Morgan fingerprint density at radius 1 is 1.20 bits per heavy atom. The quantitative estimate of drug-likeness (QED) is 0.738. The van der Waals surface area contributed by atoms with E-state index in [1.54, 1.807) is 4.90 Å². The minimum absolute atomic E-state index is 0.0574. The van der Waals surface area contributed by atoms with Crippen LogP contribution in [0.2, 0.25) is 0 Å². The second kappa shape index (κ2) is 7.44. The number of carbonyl (C=O) groups excluding carboxylic acids is 2. The fourth-order valence-corrected chi connectivity index (χ4v) is 1.87. The predicted octanol–water partition coefficient (Wildman–Crippen LogP) is -0.352. The molecule has 0 atom stereocenters. The van der Waals surface area contributed by atoms with E-state index in [0.29, 0.717) is 32.7 Å². The zero-order valence-electron chi connectivity index (χ0n) is 12.5. The van der Waals surface area contributed by atoms with Gasteiger partial charge in [0.05, 0.1) is 13.2 Å². The normalized spacial score (nSPS) is 16.9. The molecule has 7 nitrogen and oxygen atoms in total. The third kappa shape index (κ3) is 6.21. The van der Waals surface area contributed by atoms with Gasteiger partial charge in [0, 0.05) is 32.7 Å². The van der Waals surface area contributed by atoms with Gasteiger partial charge in [-0.05, 0) is 20.8 Å². The molecular weight excluding hydrogens is 262 g/mol. The second-order valence-corrected chi connectivity index (χ2v) is 5.82. The fourth-order valence-electron chi connectivity index (χ4n) is 1.87. The molecule has 2 amide bonds. The molecule has 0 spiro atoms. The maximum Gasteiger partial charge on any atom is 0.410 e. The molecule has 7 heteroatoms. The van der Waals surface area contributed by atoms with Crippen LogP contribution in [0.15, 0.2) is 0 Å². The lowest BCUT2D eigenvalue weighted by Crippen LogP contribution is -2.52. The van der Waals surface area contributed by atoms with Crippen molar-refractivity contribution >= 4 is 12.0 Å². The first kappa shape index (κ1) is 16.7. The van der Waals surface area contributed by atoms with Crippen molar-refractivity contribution < 1.29 is 19.4 Å². The van der Waals surface area contributed by atoms with Gasteiger partial charge in [0.1, 0.15) is 5.60 Å². The van der Waals surface area contributed by atoms with Crippen LogP contribution in [0, 0.1) is 0 Å². The summed E-state index contributed by atoms with van der Waals surface area (Å²) in [6.45, 7) is 8.44. The largest absolute Gasteiger partial charge is 0.444 e. The molecule has 1 aliphatic heterocycles. The molecule has 20 heavy (non-hydrogen) atoms. The number of hydrogen-bond acceptors (Lipinski definition) is 5. The Bertz CT molecular complexity index is 333. The van der Waals surface area contributed by atoms with Crippen LogP contribution in [0.25, 0.3) is 0 Å². The zero-order chi connectivity index (χ0) is 15.2. The first-order chi connectivity index (χ1) is 9.31. The highest BCUT2D eigenvalue weighted by Crippen LogP contribution is 2.11. The molecule has 116 valence electrons. The first-order valence-corrected chi connectivity index (χ1v) is 6.89. The molecule has 0 bridgehead atoms. The molecule has 0 radical (unpaired) electrons. The zero-order valence-corrected chi connectivity index (χ0v) is 12.5. The van der Waals surface area contributed by atoms with Gasteiger partial charge in [0.2, 0.25) is 5.91 Å². The van der Waals surface area contributed by atoms with Gasteiger partial charge in [-0.15, -0.1) is 0 Å². The van der Waals surface area contributed by atoms with Crippen LogP contribution in [-0.2, 0) is 9.53 Å². The van der Waals surface area contributed by atoms with Crippen LogP contribution in [0.4, 0.5) is 4.79 Å². The molecule has 1 fully saturated rings. The highest BCUT2D eigenvalue weighted by atomic mass is 16.6. The minimum atomic E-state index is -0.488. The van der Waals surface area contributed by atoms with E-state index in [2.05, 4.69) is 5.32 Å². The van der Waals surface area contributed by atoms with Crippen molar-refractivity contribution in [1.29, 1.82) is 0 Å². The van der Waals surface area contributed by atoms with E-state index in [-0.39, 0.29) is 25.2 Å². The number of ether oxygens (including phenoxy) is 1. The number of nitrogens with one attached hydrogen (secondary N) is 1. The molecule has 1 aliphatic rings. The van der Waals surface area contributed by atoms with Crippen molar-refractivity contribution in [1.82, 2.24) is 15.1 Å². The summed E-state index contributed by atoms with van der Waals surface area (Å²) >= 11 is 0. The van der Waals surface area contributed by atoms with Gasteiger partial charge in [-0.2, -0.15) is 0 Å². The van der Waals surface area contributed by atoms with Crippen LogP contribution in [0.1, 0.15) is 20.8 Å². The topological polar surface area (TPSA) is 82.1 Å². The SMILES string of the molecule is CC(C)(C)OC(=O)N1CCN(CC(=O)NCCO)CC1. The summed E-state index contributed by atoms with van der Waals surface area (Å²) in [4.78, 5) is 27.0. The van der Waals surface area contributed by atoms with E-state index in [9.17, 15) is 9.59 Å². The van der Waals surface area contributed by atoms with E-state index >= 15 is 0 Å². The molecular formula is C13H25N3O4. The lowest BCUT2D eigenvalue weighted by Gasteiger charge is -2.35. The van der Waals surface area contributed by atoms with Crippen molar-refractivity contribution in [3.63, 3.8) is 0 Å². The smallest absolute Gasteiger partial charge is 0.410 e. The predicted molar refractivity (Wildman–Crippen MR) is 74.3 cm³/mol. The maximum atomic E-state index is 11.9. The van der Waals surface area contributed by atoms with E-state index in [0.717, 1.165) is 0 Å². The van der Waals surface area contributed by atoms with Gasteiger partial charge in [-0.3, -0.25) is 9.69 Å². The van der Waals surface area contributed by atoms with Gasteiger partial charge in [-0.1, -0.05) is 0 Å². The van der Waals surface area contributed by atoms with Crippen molar-refractivity contribution in [2.75, 3.05) is 45.9 Å². The summed E-state index contributed by atoms with van der Waals surface area (Å²) in [5, 5.41) is 11.2. The Hall–Kier alpha value is -1.34. The Balaban J connectivity index is 2.29. The summed E-state index contributed by atoms with van der Waals surface area (Å²) in [6, 6.07) is 0. The summed E-state index contributed by atoms with van der Waals surface area (Å²) < 4.78 is 5.31. The Labute approximate surface area is 119 Å². The summed E-state index contributed by atoms with van der Waals surface area (Å²) in [7, 11) is 0. The van der Waals surface area contributed by atoms with Crippen molar-refractivity contribution in [2.45, 2.75) is 26.4 Å². The average Bonchev–Trinajstić information content (AvgIpc) is 2.35.